The lowest BCUT2D eigenvalue weighted by molar-refractivity contribution is 0.673. The maximum atomic E-state index is 6.36. The van der Waals surface area contributed by atoms with Crippen molar-refractivity contribution >= 4 is 11.6 Å². The van der Waals surface area contributed by atoms with Gasteiger partial charge >= 0.3 is 0 Å². The molecule has 2 heterocycles. The van der Waals surface area contributed by atoms with E-state index in [-0.39, 0.29) is 0 Å². The van der Waals surface area contributed by atoms with Crippen molar-refractivity contribution < 1.29 is 0 Å². The van der Waals surface area contributed by atoms with Gasteiger partial charge in [0.15, 0.2) is 5.82 Å². The first kappa shape index (κ1) is 15.0. The van der Waals surface area contributed by atoms with Gasteiger partial charge in [-0.15, -0.1) is 0 Å². The van der Waals surface area contributed by atoms with Crippen LogP contribution in [-0.4, -0.2) is 21.3 Å². The van der Waals surface area contributed by atoms with Gasteiger partial charge in [-0.25, -0.2) is 9.67 Å². The van der Waals surface area contributed by atoms with Crippen LogP contribution in [0.2, 0.25) is 5.02 Å². The number of aromatic nitrogens is 3. The normalized spacial score (nSPS) is 11.1. The smallest absolute Gasteiger partial charge is 0.172 e. The highest BCUT2D eigenvalue weighted by Crippen LogP contribution is 2.22. The summed E-state index contributed by atoms with van der Waals surface area (Å²) in [4.78, 5) is 4.47. The second-order valence-electron chi connectivity index (χ2n) is 5.03. The molecule has 0 fully saturated rings. The SMILES string of the molecule is CCCNCc1cnc(-n2nc(C)c(C)c2C)c(Cl)c1. The quantitative estimate of drug-likeness (QED) is 0.860. The van der Waals surface area contributed by atoms with Gasteiger partial charge in [0.25, 0.3) is 0 Å². The molecule has 0 bridgehead atoms. The fourth-order valence-corrected chi connectivity index (χ4v) is 2.33. The van der Waals surface area contributed by atoms with E-state index in [2.05, 4.69) is 29.2 Å². The number of hydrogen-bond donors (Lipinski definition) is 1. The molecule has 20 heavy (non-hydrogen) atoms. The van der Waals surface area contributed by atoms with Crippen LogP contribution in [0.25, 0.3) is 5.82 Å². The Hall–Kier alpha value is -1.39. The molecule has 0 aliphatic carbocycles. The van der Waals surface area contributed by atoms with Gasteiger partial charge in [-0.05, 0) is 50.9 Å². The second kappa shape index (κ2) is 6.37. The Morgan fingerprint density at radius 1 is 1.30 bits per heavy atom. The highest BCUT2D eigenvalue weighted by atomic mass is 35.5. The summed E-state index contributed by atoms with van der Waals surface area (Å²) < 4.78 is 1.82. The molecule has 1 N–H and O–H groups in total. The van der Waals surface area contributed by atoms with E-state index < -0.39 is 0 Å². The van der Waals surface area contributed by atoms with Crippen LogP contribution in [0.4, 0.5) is 0 Å². The molecule has 0 saturated heterocycles. The topological polar surface area (TPSA) is 42.7 Å². The molecular formula is C15H21ClN4. The Kier molecular flexibility index (Phi) is 4.78. The molecule has 0 saturated carbocycles. The summed E-state index contributed by atoms with van der Waals surface area (Å²) in [5, 5.41) is 8.47. The first-order valence-corrected chi connectivity index (χ1v) is 7.30. The monoisotopic (exact) mass is 292 g/mol. The predicted molar refractivity (Wildman–Crippen MR) is 82.6 cm³/mol. The summed E-state index contributed by atoms with van der Waals surface area (Å²) in [5.41, 5.74) is 4.35. The van der Waals surface area contributed by atoms with E-state index in [0.29, 0.717) is 10.8 Å². The van der Waals surface area contributed by atoms with Crippen molar-refractivity contribution in [1.82, 2.24) is 20.1 Å². The molecule has 0 radical (unpaired) electrons. The van der Waals surface area contributed by atoms with Gasteiger partial charge in [-0.2, -0.15) is 5.10 Å². The van der Waals surface area contributed by atoms with E-state index in [9.17, 15) is 0 Å². The van der Waals surface area contributed by atoms with E-state index in [1.165, 1.54) is 5.56 Å². The molecule has 0 aromatic carbocycles. The van der Waals surface area contributed by atoms with Crippen molar-refractivity contribution in [3.8, 4) is 5.82 Å². The molecule has 2 aromatic heterocycles. The van der Waals surface area contributed by atoms with Crippen molar-refractivity contribution in [2.75, 3.05) is 6.54 Å². The molecule has 2 aromatic rings. The molecule has 0 aliphatic heterocycles. The van der Waals surface area contributed by atoms with Gasteiger partial charge in [0.1, 0.15) is 0 Å². The molecule has 0 amide bonds. The first-order valence-electron chi connectivity index (χ1n) is 6.93. The molecule has 0 unspecified atom stereocenters. The fraction of sp³-hybridized carbons (Fsp3) is 0.467. The van der Waals surface area contributed by atoms with Crippen LogP contribution >= 0.6 is 11.6 Å². The van der Waals surface area contributed by atoms with Crippen molar-refractivity contribution in [3.63, 3.8) is 0 Å². The highest BCUT2D eigenvalue weighted by Gasteiger charge is 2.13. The third-order valence-electron chi connectivity index (χ3n) is 3.49. The Balaban J connectivity index is 2.27. The largest absolute Gasteiger partial charge is 0.313 e. The van der Waals surface area contributed by atoms with Gasteiger partial charge in [0, 0.05) is 18.4 Å². The molecule has 2 rings (SSSR count). The zero-order chi connectivity index (χ0) is 14.7. The van der Waals surface area contributed by atoms with Gasteiger partial charge < -0.3 is 5.32 Å². The van der Waals surface area contributed by atoms with Crippen LogP contribution in [0, 0.1) is 20.8 Å². The van der Waals surface area contributed by atoms with Gasteiger partial charge in [-0.1, -0.05) is 18.5 Å². The number of nitrogens with zero attached hydrogens (tertiary/aromatic N) is 3. The zero-order valence-electron chi connectivity index (χ0n) is 12.5. The minimum absolute atomic E-state index is 0.631. The van der Waals surface area contributed by atoms with Gasteiger partial charge in [0.2, 0.25) is 0 Å². The predicted octanol–water partition coefficient (Wildman–Crippen LogP) is 3.35. The summed E-state index contributed by atoms with van der Waals surface area (Å²) in [6.45, 7) is 10.0. The second-order valence-corrected chi connectivity index (χ2v) is 5.44. The van der Waals surface area contributed by atoms with E-state index in [1.54, 1.807) is 0 Å². The van der Waals surface area contributed by atoms with Gasteiger partial charge in [0.05, 0.1) is 10.7 Å². The maximum absolute atomic E-state index is 6.36. The Labute approximate surface area is 125 Å². The van der Waals surface area contributed by atoms with E-state index in [0.717, 1.165) is 36.5 Å². The molecule has 108 valence electrons. The number of hydrogen-bond acceptors (Lipinski definition) is 3. The standard InChI is InChI=1S/C15H21ClN4/c1-5-6-17-8-13-7-14(16)15(18-9-13)20-12(4)10(2)11(3)19-20/h7,9,17H,5-6,8H2,1-4H3. The Morgan fingerprint density at radius 2 is 2.05 bits per heavy atom. The van der Waals surface area contributed by atoms with E-state index in [1.807, 2.05) is 30.8 Å². The van der Waals surface area contributed by atoms with E-state index >= 15 is 0 Å². The van der Waals surface area contributed by atoms with Crippen LogP contribution in [0.3, 0.4) is 0 Å². The zero-order valence-corrected chi connectivity index (χ0v) is 13.3. The number of aryl methyl sites for hydroxylation is 1. The molecule has 0 aliphatic rings. The number of rotatable bonds is 5. The molecule has 0 atom stereocenters. The third-order valence-corrected chi connectivity index (χ3v) is 3.77. The lowest BCUT2D eigenvalue weighted by Crippen LogP contribution is -2.14. The molecule has 5 heteroatoms. The number of nitrogens with one attached hydrogen (secondary N) is 1. The van der Waals surface area contributed by atoms with Crippen molar-refractivity contribution in [1.29, 1.82) is 0 Å². The van der Waals surface area contributed by atoms with Crippen molar-refractivity contribution in [3.05, 3.63) is 39.8 Å². The fourth-order valence-electron chi connectivity index (χ4n) is 2.06. The minimum Gasteiger partial charge on any atom is -0.313 e. The summed E-state index contributed by atoms with van der Waals surface area (Å²) >= 11 is 6.36. The van der Waals surface area contributed by atoms with Crippen LogP contribution in [-0.2, 0) is 6.54 Å². The lowest BCUT2D eigenvalue weighted by Gasteiger charge is -2.08. The minimum atomic E-state index is 0.631. The average Bonchev–Trinajstić information content (AvgIpc) is 2.67. The number of pyridine rings is 1. The Morgan fingerprint density at radius 3 is 2.60 bits per heavy atom. The average molecular weight is 293 g/mol. The molecule has 4 nitrogen and oxygen atoms in total. The van der Waals surface area contributed by atoms with Crippen LogP contribution < -0.4 is 5.32 Å². The van der Waals surface area contributed by atoms with Crippen LogP contribution in [0.5, 0.6) is 0 Å². The molecular weight excluding hydrogens is 272 g/mol. The summed E-state index contributed by atoms with van der Waals surface area (Å²) in [6, 6.07) is 1.96. The molecule has 0 spiro atoms. The summed E-state index contributed by atoms with van der Waals surface area (Å²) in [5.74, 6) is 0.694. The van der Waals surface area contributed by atoms with E-state index in [4.69, 9.17) is 11.6 Å². The Bertz CT molecular complexity index is 604. The summed E-state index contributed by atoms with van der Waals surface area (Å²) in [7, 11) is 0. The maximum Gasteiger partial charge on any atom is 0.172 e. The highest BCUT2D eigenvalue weighted by molar-refractivity contribution is 6.32. The van der Waals surface area contributed by atoms with Gasteiger partial charge in [-0.3, -0.25) is 0 Å². The lowest BCUT2D eigenvalue weighted by atomic mass is 10.2. The van der Waals surface area contributed by atoms with Crippen molar-refractivity contribution in [2.24, 2.45) is 0 Å². The number of halogens is 1. The summed E-state index contributed by atoms with van der Waals surface area (Å²) in [6.07, 6.45) is 2.97. The van der Waals surface area contributed by atoms with Crippen molar-refractivity contribution in [2.45, 2.75) is 40.7 Å². The van der Waals surface area contributed by atoms with Crippen LogP contribution in [0.1, 0.15) is 35.9 Å². The first-order chi connectivity index (χ1) is 9.54. The third kappa shape index (κ3) is 3.02. The van der Waals surface area contributed by atoms with Crippen LogP contribution in [0.15, 0.2) is 12.3 Å².